The highest BCUT2D eigenvalue weighted by atomic mass is 32.2. The predicted molar refractivity (Wildman–Crippen MR) is 151 cm³/mol. The van der Waals surface area contributed by atoms with E-state index >= 15 is 0 Å². The maximum absolute atomic E-state index is 13.6. The number of hydrogen-bond acceptors (Lipinski definition) is 9. The lowest BCUT2D eigenvalue weighted by molar-refractivity contribution is -0.146. The van der Waals surface area contributed by atoms with E-state index in [1.807, 2.05) is 20.1 Å². The molecule has 2 aliphatic rings. The van der Waals surface area contributed by atoms with Crippen molar-refractivity contribution in [2.75, 3.05) is 38.2 Å². The number of carboxylic acid groups (broad SMARTS) is 1. The Bertz CT molecular complexity index is 966. The van der Waals surface area contributed by atoms with E-state index in [0.29, 0.717) is 44.4 Å². The largest absolute Gasteiger partial charge is 0.480 e. The van der Waals surface area contributed by atoms with Crippen LogP contribution in [0.3, 0.4) is 0 Å². The summed E-state index contributed by atoms with van der Waals surface area (Å²) in [7, 11) is 0. The fourth-order valence-electron chi connectivity index (χ4n) is 5.03. The van der Waals surface area contributed by atoms with Crippen LogP contribution >= 0.6 is 11.8 Å². The number of likely N-dealkylation sites (tertiary alicyclic amines) is 2. The van der Waals surface area contributed by atoms with Crippen LogP contribution in [-0.4, -0.2) is 124 Å². The number of nitrogens with one attached hydrogen (secondary N) is 3. The van der Waals surface area contributed by atoms with E-state index in [9.17, 15) is 33.9 Å². The van der Waals surface area contributed by atoms with Crippen molar-refractivity contribution in [2.45, 2.75) is 82.6 Å². The van der Waals surface area contributed by atoms with E-state index in [0.717, 1.165) is 0 Å². The quantitative estimate of drug-likeness (QED) is 0.125. The zero-order valence-electron chi connectivity index (χ0n) is 24.0. The second kappa shape index (κ2) is 16.5. The molecule has 0 aromatic rings. The smallest absolute Gasteiger partial charge is 0.328 e. The van der Waals surface area contributed by atoms with Crippen LogP contribution in [0.1, 0.15) is 52.4 Å². The summed E-state index contributed by atoms with van der Waals surface area (Å²) >= 11 is 1.56. The molecule has 0 aromatic heterocycles. The third kappa shape index (κ3) is 9.85. The molecule has 2 saturated heterocycles. The van der Waals surface area contributed by atoms with Crippen LogP contribution < -0.4 is 21.7 Å². The Hall–Kier alpha value is -2.91. The molecular formula is C26H44N6O8S. The number of nitrogens with two attached hydrogens (primary N) is 1. The molecule has 5 amide bonds. The van der Waals surface area contributed by atoms with E-state index in [-0.39, 0.29) is 25.4 Å². The topological polar surface area (TPSA) is 211 Å². The van der Waals surface area contributed by atoms with E-state index in [4.69, 9.17) is 10.8 Å². The molecule has 2 rings (SSSR count). The van der Waals surface area contributed by atoms with Gasteiger partial charge in [-0.1, -0.05) is 13.8 Å². The summed E-state index contributed by atoms with van der Waals surface area (Å²) in [4.78, 5) is 78.8. The van der Waals surface area contributed by atoms with E-state index in [2.05, 4.69) is 16.0 Å². The molecule has 232 valence electrons. The van der Waals surface area contributed by atoms with Crippen LogP contribution in [0.4, 0.5) is 0 Å². The number of amides is 5. The summed E-state index contributed by atoms with van der Waals surface area (Å²) in [5.74, 6) is -3.18. The Morgan fingerprint density at radius 3 is 2.05 bits per heavy atom. The number of aliphatic carboxylic acids is 1. The van der Waals surface area contributed by atoms with Crippen molar-refractivity contribution in [2.24, 2.45) is 11.7 Å². The first-order valence-corrected chi connectivity index (χ1v) is 15.4. The molecule has 15 heteroatoms. The van der Waals surface area contributed by atoms with Crippen LogP contribution in [0.15, 0.2) is 0 Å². The highest BCUT2D eigenvalue weighted by Gasteiger charge is 2.41. The third-order valence-electron chi connectivity index (χ3n) is 7.22. The molecule has 0 spiro atoms. The normalized spacial score (nSPS) is 20.8. The minimum absolute atomic E-state index is 0.0109. The van der Waals surface area contributed by atoms with Crippen LogP contribution in [0.2, 0.25) is 0 Å². The minimum atomic E-state index is -1.49. The van der Waals surface area contributed by atoms with Gasteiger partial charge in [0.25, 0.3) is 0 Å². The standard InChI is InChI=1S/C26H44N6O8S/c1-15(2)12-17(25(38)32-10-5-7-20(32)24(37)30-18(14-33)26(39)40)29-23(36)19-6-4-9-31(19)21(34)13-28-22(35)16(27)8-11-41-3/h15-20,33H,4-14,27H2,1-3H3,(H,28,35)(H,29,36)(H,30,37)(H,39,40)/t16-,17-,18-,19-,20-/m0/s1. The average Bonchev–Trinajstić information content (AvgIpc) is 3.62. The number of hydrogen-bond donors (Lipinski definition) is 6. The van der Waals surface area contributed by atoms with Gasteiger partial charge in [-0.25, -0.2) is 4.79 Å². The monoisotopic (exact) mass is 600 g/mol. The first-order valence-electron chi connectivity index (χ1n) is 14.0. The molecule has 0 radical (unpaired) electrons. The van der Waals surface area contributed by atoms with Crippen molar-refractivity contribution < 1.29 is 39.0 Å². The highest BCUT2D eigenvalue weighted by Crippen LogP contribution is 2.22. The molecule has 0 aliphatic carbocycles. The SMILES string of the molecule is CSCC[C@H](N)C(=O)NCC(=O)N1CCC[C@H]1C(=O)N[C@@H](CC(C)C)C(=O)N1CCC[C@H]1C(=O)N[C@@H](CO)C(=O)O. The first kappa shape index (κ1) is 34.3. The fourth-order valence-corrected chi connectivity index (χ4v) is 5.52. The molecule has 41 heavy (non-hydrogen) atoms. The van der Waals surface area contributed by atoms with Gasteiger partial charge in [-0.15, -0.1) is 0 Å². The van der Waals surface area contributed by atoms with E-state index in [1.165, 1.54) is 9.80 Å². The number of thioether (sulfide) groups is 1. The number of carbonyl (C=O) groups is 6. The molecular weight excluding hydrogens is 556 g/mol. The van der Waals surface area contributed by atoms with Gasteiger partial charge in [0.2, 0.25) is 29.5 Å². The molecule has 5 atom stereocenters. The molecule has 0 aromatic carbocycles. The fraction of sp³-hybridized carbons (Fsp3) is 0.769. The molecule has 2 fully saturated rings. The summed E-state index contributed by atoms with van der Waals surface area (Å²) < 4.78 is 0. The third-order valence-corrected chi connectivity index (χ3v) is 7.86. The number of nitrogens with zero attached hydrogens (tertiary/aromatic N) is 2. The number of aliphatic hydroxyl groups is 1. The lowest BCUT2D eigenvalue weighted by Crippen LogP contribution is -2.58. The zero-order valence-corrected chi connectivity index (χ0v) is 24.8. The number of rotatable bonds is 15. The maximum atomic E-state index is 13.6. The molecule has 0 saturated carbocycles. The van der Waals surface area contributed by atoms with Crippen LogP contribution in [0.5, 0.6) is 0 Å². The molecule has 14 nitrogen and oxygen atoms in total. The second-order valence-electron chi connectivity index (χ2n) is 10.8. The van der Waals surface area contributed by atoms with Crippen molar-refractivity contribution in [3.8, 4) is 0 Å². The molecule has 2 aliphatic heterocycles. The van der Waals surface area contributed by atoms with E-state index in [1.54, 1.807) is 11.8 Å². The predicted octanol–water partition coefficient (Wildman–Crippen LogP) is -1.74. The Morgan fingerprint density at radius 1 is 0.951 bits per heavy atom. The second-order valence-corrected chi connectivity index (χ2v) is 11.8. The lowest BCUT2D eigenvalue weighted by atomic mass is 10.0. The summed E-state index contributed by atoms with van der Waals surface area (Å²) in [5.41, 5.74) is 5.85. The average molecular weight is 601 g/mol. The number of carboxylic acids is 1. The van der Waals surface area contributed by atoms with Crippen LogP contribution in [0.25, 0.3) is 0 Å². The Labute approximate surface area is 244 Å². The maximum Gasteiger partial charge on any atom is 0.328 e. The van der Waals surface area contributed by atoms with Crippen molar-refractivity contribution in [1.82, 2.24) is 25.8 Å². The minimum Gasteiger partial charge on any atom is -0.480 e. The molecule has 0 bridgehead atoms. The summed E-state index contributed by atoms with van der Waals surface area (Å²) in [6.07, 6.45) is 4.47. The molecule has 0 unspecified atom stereocenters. The van der Waals surface area contributed by atoms with Gasteiger partial charge in [0.05, 0.1) is 19.2 Å². The van der Waals surface area contributed by atoms with Gasteiger partial charge in [0, 0.05) is 13.1 Å². The van der Waals surface area contributed by atoms with Crippen molar-refractivity contribution >= 4 is 47.3 Å². The highest BCUT2D eigenvalue weighted by molar-refractivity contribution is 7.98. The molecule has 7 N–H and O–H groups in total. The lowest BCUT2D eigenvalue weighted by Gasteiger charge is -2.31. The van der Waals surface area contributed by atoms with Gasteiger partial charge in [-0.05, 0) is 56.5 Å². The van der Waals surface area contributed by atoms with Crippen molar-refractivity contribution in [1.29, 1.82) is 0 Å². The van der Waals surface area contributed by atoms with Gasteiger partial charge in [-0.2, -0.15) is 11.8 Å². The Kier molecular flexibility index (Phi) is 13.8. The summed E-state index contributed by atoms with van der Waals surface area (Å²) in [6, 6.07) is -4.93. The van der Waals surface area contributed by atoms with Crippen LogP contribution in [0, 0.1) is 5.92 Å². The Morgan fingerprint density at radius 2 is 1.51 bits per heavy atom. The van der Waals surface area contributed by atoms with E-state index < -0.39 is 72.3 Å². The van der Waals surface area contributed by atoms with Crippen LogP contribution in [-0.2, 0) is 28.8 Å². The van der Waals surface area contributed by atoms with Crippen molar-refractivity contribution in [3.05, 3.63) is 0 Å². The molecule has 2 heterocycles. The van der Waals surface area contributed by atoms with Gasteiger partial charge in [-0.3, -0.25) is 24.0 Å². The first-order chi connectivity index (χ1) is 19.4. The summed E-state index contributed by atoms with van der Waals surface area (Å²) in [6.45, 7) is 3.27. The zero-order chi connectivity index (χ0) is 30.7. The van der Waals surface area contributed by atoms with Crippen molar-refractivity contribution in [3.63, 3.8) is 0 Å². The number of carbonyl (C=O) groups excluding carboxylic acids is 5. The number of aliphatic hydroxyl groups excluding tert-OH is 1. The van der Waals surface area contributed by atoms with Gasteiger partial charge in [0.1, 0.15) is 24.2 Å². The van der Waals surface area contributed by atoms with Gasteiger partial charge >= 0.3 is 5.97 Å². The Balaban J connectivity index is 2.06. The van der Waals surface area contributed by atoms with Gasteiger partial charge in [0.15, 0.2) is 0 Å². The van der Waals surface area contributed by atoms with Gasteiger partial charge < -0.3 is 41.7 Å². The summed E-state index contributed by atoms with van der Waals surface area (Å²) in [5, 5.41) is 26.0.